The molecular formula is C24H24FN3O3. The van der Waals surface area contributed by atoms with Gasteiger partial charge in [-0.1, -0.05) is 0 Å². The predicted octanol–water partition coefficient (Wildman–Crippen LogP) is 4.62. The summed E-state index contributed by atoms with van der Waals surface area (Å²) in [6.07, 6.45) is 3.44. The normalized spacial score (nSPS) is 14.3. The zero-order valence-electron chi connectivity index (χ0n) is 17.3. The number of ether oxygens (including phenoxy) is 2. The van der Waals surface area contributed by atoms with Gasteiger partial charge in [-0.25, -0.2) is 9.37 Å². The zero-order valence-corrected chi connectivity index (χ0v) is 17.3. The first-order valence-corrected chi connectivity index (χ1v) is 10.2. The molecule has 7 heteroatoms. The highest BCUT2D eigenvalue weighted by Gasteiger charge is 2.26. The van der Waals surface area contributed by atoms with Crippen LogP contribution in [0.1, 0.15) is 34.7 Å². The van der Waals surface area contributed by atoms with Gasteiger partial charge in [0.2, 0.25) is 0 Å². The number of carbonyl (C=O) groups is 1. The fourth-order valence-corrected chi connectivity index (χ4v) is 3.83. The number of likely N-dealkylation sites (tertiary alicyclic amines) is 1. The molecule has 0 unspecified atom stereocenters. The number of halogens is 1. The van der Waals surface area contributed by atoms with Gasteiger partial charge in [-0.2, -0.15) is 0 Å². The van der Waals surface area contributed by atoms with E-state index >= 15 is 0 Å². The lowest BCUT2D eigenvalue weighted by molar-refractivity contribution is 0.0712. The summed E-state index contributed by atoms with van der Waals surface area (Å²) in [5, 5.41) is 0. The molecule has 160 valence electrons. The van der Waals surface area contributed by atoms with Crippen LogP contribution in [0.3, 0.4) is 0 Å². The number of aromatic nitrogens is 1. The lowest BCUT2D eigenvalue weighted by Crippen LogP contribution is -2.38. The number of nitrogens with two attached hydrogens (primary N) is 1. The average Bonchev–Trinajstić information content (AvgIpc) is 2.80. The van der Waals surface area contributed by atoms with E-state index in [2.05, 4.69) is 4.98 Å². The van der Waals surface area contributed by atoms with Gasteiger partial charge in [-0.3, -0.25) is 4.79 Å². The molecule has 1 aromatic heterocycles. The maximum absolute atomic E-state index is 13.0. The van der Waals surface area contributed by atoms with E-state index in [4.69, 9.17) is 15.2 Å². The van der Waals surface area contributed by atoms with Crippen LogP contribution in [0.5, 0.6) is 17.2 Å². The third-order valence-corrected chi connectivity index (χ3v) is 5.51. The first-order chi connectivity index (χ1) is 15.0. The summed E-state index contributed by atoms with van der Waals surface area (Å²) in [4.78, 5) is 19.0. The molecule has 1 fully saturated rings. The van der Waals surface area contributed by atoms with Gasteiger partial charge in [0.1, 0.15) is 28.9 Å². The van der Waals surface area contributed by atoms with E-state index in [1.54, 1.807) is 55.8 Å². The second kappa shape index (κ2) is 9.04. The van der Waals surface area contributed by atoms with Gasteiger partial charge in [0.25, 0.3) is 5.91 Å². The topological polar surface area (TPSA) is 77.7 Å². The minimum absolute atomic E-state index is 0.00539. The number of rotatable bonds is 5. The van der Waals surface area contributed by atoms with Gasteiger partial charge in [0.05, 0.1) is 7.11 Å². The van der Waals surface area contributed by atoms with E-state index in [0.29, 0.717) is 36.0 Å². The molecule has 0 bridgehead atoms. The maximum atomic E-state index is 13.0. The summed E-state index contributed by atoms with van der Waals surface area (Å²) in [7, 11) is 1.63. The largest absolute Gasteiger partial charge is 0.496 e. The average molecular weight is 421 g/mol. The van der Waals surface area contributed by atoms with Gasteiger partial charge in [0, 0.05) is 36.5 Å². The van der Waals surface area contributed by atoms with Crippen molar-refractivity contribution in [1.82, 2.24) is 9.88 Å². The number of nitrogens with zero attached hydrogens (tertiary/aromatic N) is 2. The number of nitrogen functional groups attached to an aromatic ring is 1. The maximum Gasteiger partial charge on any atom is 0.253 e. The monoisotopic (exact) mass is 421 g/mol. The van der Waals surface area contributed by atoms with Crippen molar-refractivity contribution in [3.8, 4) is 17.2 Å². The highest BCUT2D eigenvalue weighted by atomic mass is 19.1. The number of carbonyl (C=O) groups excluding carboxylic acids is 1. The number of amides is 1. The van der Waals surface area contributed by atoms with Crippen molar-refractivity contribution in [3.05, 3.63) is 77.7 Å². The van der Waals surface area contributed by atoms with Crippen LogP contribution < -0.4 is 15.2 Å². The van der Waals surface area contributed by atoms with E-state index in [9.17, 15) is 9.18 Å². The third-order valence-electron chi connectivity index (χ3n) is 5.51. The van der Waals surface area contributed by atoms with Crippen molar-refractivity contribution >= 4 is 11.7 Å². The predicted molar refractivity (Wildman–Crippen MR) is 116 cm³/mol. The van der Waals surface area contributed by atoms with E-state index in [1.807, 2.05) is 4.90 Å². The molecule has 1 saturated heterocycles. The summed E-state index contributed by atoms with van der Waals surface area (Å²) < 4.78 is 24.1. The number of piperidine rings is 1. The Kier molecular flexibility index (Phi) is 6.02. The number of benzene rings is 2. The molecule has 0 saturated carbocycles. The van der Waals surface area contributed by atoms with Crippen LogP contribution in [-0.4, -0.2) is 36.0 Å². The first kappa shape index (κ1) is 20.7. The van der Waals surface area contributed by atoms with E-state index in [1.165, 1.54) is 12.1 Å². The number of pyridine rings is 1. The van der Waals surface area contributed by atoms with Crippen LogP contribution >= 0.6 is 0 Å². The Morgan fingerprint density at radius 1 is 1.06 bits per heavy atom. The van der Waals surface area contributed by atoms with E-state index in [-0.39, 0.29) is 17.6 Å². The van der Waals surface area contributed by atoms with Crippen molar-refractivity contribution in [2.45, 2.75) is 18.8 Å². The Balaban J connectivity index is 1.37. The molecule has 31 heavy (non-hydrogen) atoms. The van der Waals surface area contributed by atoms with Gasteiger partial charge < -0.3 is 20.1 Å². The summed E-state index contributed by atoms with van der Waals surface area (Å²) in [6.45, 7) is 1.32. The molecule has 0 spiro atoms. The molecule has 3 aromatic rings. The highest BCUT2D eigenvalue weighted by Crippen LogP contribution is 2.35. The van der Waals surface area contributed by atoms with Crippen LogP contribution in [0.25, 0.3) is 0 Å². The minimum atomic E-state index is -0.317. The molecule has 1 aliphatic rings. The molecule has 1 amide bonds. The smallest absolute Gasteiger partial charge is 0.253 e. The summed E-state index contributed by atoms with van der Waals surface area (Å²) in [5.74, 6) is 2.25. The van der Waals surface area contributed by atoms with Gasteiger partial charge >= 0.3 is 0 Å². The third kappa shape index (κ3) is 4.77. The van der Waals surface area contributed by atoms with Crippen LogP contribution in [0.4, 0.5) is 10.2 Å². The highest BCUT2D eigenvalue weighted by molar-refractivity contribution is 5.94. The Bertz CT molecular complexity index is 1050. The number of methoxy groups -OCH3 is 1. The number of hydrogen-bond acceptors (Lipinski definition) is 5. The van der Waals surface area contributed by atoms with Crippen molar-refractivity contribution in [2.75, 3.05) is 25.9 Å². The molecule has 0 atom stereocenters. The van der Waals surface area contributed by atoms with E-state index < -0.39 is 0 Å². The van der Waals surface area contributed by atoms with Crippen LogP contribution in [0, 0.1) is 5.82 Å². The van der Waals surface area contributed by atoms with Crippen LogP contribution in [0.2, 0.25) is 0 Å². The van der Waals surface area contributed by atoms with Crippen molar-refractivity contribution in [1.29, 1.82) is 0 Å². The summed E-state index contributed by atoms with van der Waals surface area (Å²) in [6, 6.07) is 14.5. The molecule has 0 radical (unpaired) electrons. The minimum Gasteiger partial charge on any atom is -0.496 e. The Hall–Kier alpha value is -3.61. The Labute approximate surface area is 180 Å². The van der Waals surface area contributed by atoms with Gasteiger partial charge in [-0.15, -0.1) is 0 Å². The standard InChI is InChI=1S/C24H24FN3O3/c1-30-22-14-23(26)27-15-21(22)16-10-12-28(13-11-16)24(29)17-2-6-19(7-3-17)31-20-8-4-18(25)5-9-20/h2-9,14-16H,10-13H2,1H3,(H2,26,27). The summed E-state index contributed by atoms with van der Waals surface area (Å²) in [5.41, 5.74) is 7.39. The van der Waals surface area contributed by atoms with Crippen LogP contribution in [0.15, 0.2) is 60.8 Å². The molecule has 4 rings (SSSR count). The first-order valence-electron chi connectivity index (χ1n) is 10.2. The molecule has 6 nitrogen and oxygen atoms in total. The van der Waals surface area contributed by atoms with Crippen molar-refractivity contribution in [3.63, 3.8) is 0 Å². The molecule has 0 aliphatic carbocycles. The molecule has 2 heterocycles. The zero-order chi connectivity index (χ0) is 21.8. The Morgan fingerprint density at radius 3 is 2.29 bits per heavy atom. The van der Waals surface area contributed by atoms with Crippen molar-refractivity contribution < 1.29 is 18.7 Å². The number of anilines is 1. The fraction of sp³-hybridized carbons (Fsp3) is 0.250. The quantitative estimate of drug-likeness (QED) is 0.650. The second-order valence-electron chi connectivity index (χ2n) is 7.50. The van der Waals surface area contributed by atoms with Crippen LogP contribution in [-0.2, 0) is 0 Å². The SMILES string of the molecule is COc1cc(N)ncc1C1CCN(C(=O)c2ccc(Oc3ccc(F)cc3)cc2)CC1. The molecule has 1 aliphatic heterocycles. The lowest BCUT2D eigenvalue weighted by Gasteiger charge is -2.32. The molecule has 2 aromatic carbocycles. The number of hydrogen-bond donors (Lipinski definition) is 1. The fourth-order valence-electron chi connectivity index (χ4n) is 3.83. The Morgan fingerprint density at radius 2 is 1.68 bits per heavy atom. The van der Waals surface area contributed by atoms with Gasteiger partial charge in [-0.05, 0) is 67.3 Å². The molecule has 2 N–H and O–H groups in total. The van der Waals surface area contributed by atoms with Crippen molar-refractivity contribution in [2.24, 2.45) is 0 Å². The van der Waals surface area contributed by atoms with Gasteiger partial charge in [0.15, 0.2) is 0 Å². The summed E-state index contributed by atoms with van der Waals surface area (Å²) >= 11 is 0. The van der Waals surface area contributed by atoms with E-state index in [0.717, 1.165) is 24.2 Å². The second-order valence-corrected chi connectivity index (χ2v) is 7.50. The molecular weight excluding hydrogens is 397 g/mol. The lowest BCUT2D eigenvalue weighted by atomic mass is 9.89.